The van der Waals surface area contributed by atoms with Gasteiger partial charge in [-0.3, -0.25) is 0 Å². The summed E-state index contributed by atoms with van der Waals surface area (Å²) in [4.78, 5) is 0. The zero-order valence-electron chi connectivity index (χ0n) is 8.95. The van der Waals surface area contributed by atoms with Gasteiger partial charge in [0.05, 0.1) is 11.7 Å². The van der Waals surface area contributed by atoms with Gasteiger partial charge in [-0.15, -0.1) is 0 Å². The van der Waals surface area contributed by atoms with Crippen molar-refractivity contribution in [3.05, 3.63) is 29.8 Å². The van der Waals surface area contributed by atoms with Crippen LogP contribution in [-0.4, -0.2) is 17.3 Å². The molecular formula is C11H13F3O2. The average molecular weight is 234 g/mol. The van der Waals surface area contributed by atoms with Gasteiger partial charge in [0.15, 0.2) is 0 Å². The molecule has 0 aliphatic heterocycles. The molecule has 0 spiro atoms. The topological polar surface area (TPSA) is 29.5 Å². The SMILES string of the molecule is CC(O)C(C)Oc1ccccc1C(F)(F)F. The molecule has 2 nitrogen and oxygen atoms in total. The fourth-order valence-corrected chi connectivity index (χ4v) is 1.10. The van der Waals surface area contributed by atoms with Gasteiger partial charge in [-0.1, -0.05) is 12.1 Å². The van der Waals surface area contributed by atoms with Crippen LogP contribution in [0.3, 0.4) is 0 Å². The molecule has 0 aliphatic carbocycles. The van der Waals surface area contributed by atoms with Gasteiger partial charge in [0.2, 0.25) is 0 Å². The normalized spacial score (nSPS) is 15.6. The molecule has 1 aromatic rings. The maximum Gasteiger partial charge on any atom is 0.419 e. The van der Waals surface area contributed by atoms with Gasteiger partial charge in [-0.25, -0.2) is 0 Å². The highest BCUT2D eigenvalue weighted by atomic mass is 19.4. The van der Waals surface area contributed by atoms with Crippen LogP contribution in [0.5, 0.6) is 5.75 Å². The lowest BCUT2D eigenvalue weighted by Gasteiger charge is -2.20. The Morgan fingerprint density at radius 3 is 2.25 bits per heavy atom. The number of aliphatic hydroxyl groups is 1. The predicted octanol–water partition coefficient (Wildman–Crippen LogP) is 2.85. The Balaban J connectivity index is 2.96. The van der Waals surface area contributed by atoms with Crippen LogP contribution in [0, 0.1) is 0 Å². The molecule has 1 rings (SSSR count). The summed E-state index contributed by atoms with van der Waals surface area (Å²) >= 11 is 0. The van der Waals surface area contributed by atoms with Crippen molar-refractivity contribution in [3.63, 3.8) is 0 Å². The molecule has 0 fully saturated rings. The van der Waals surface area contributed by atoms with Gasteiger partial charge in [0.25, 0.3) is 0 Å². The summed E-state index contributed by atoms with van der Waals surface area (Å²) in [7, 11) is 0. The van der Waals surface area contributed by atoms with Gasteiger partial charge in [0, 0.05) is 0 Å². The molecule has 2 atom stereocenters. The van der Waals surface area contributed by atoms with Crippen molar-refractivity contribution in [1.82, 2.24) is 0 Å². The molecule has 16 heavy (non-hydrogen) atoms. The van der Waals surface area contributed by atoms with E-state index >= 15 is 0 Å². The molecule has 0 aromatic heterocycles. The van der Waals surface area contributed by atoms with Crippen LogP contribution in [0.1, 0.15) is 19.4 Å². The molecule has 0 heterocycles. The summed E-state index contributed by atoms with van der Waals surface area (Å²) in [6.07, 6.45) is -5.97. The third-order valence-corrected chi connectivity index (χ3v) is 2.18. The Bertz CT molecular complexity index is 347. The summed E-state index contributed by atoms with van der Waals surface area (Å²) < 4.78 is 42.7. The first-order valence-electron chi connectivity index (χ1n) is 4.83. The molecule has 0 radical (unpaired) electrons. The molecule has 0 amide bonds. The Morgan fingerprint density at radius 2 is 1.75 bits per heavy atom. The molecule has 1 N–H and O–H groups in total. The first kappa shape index (κ1) is 12.8. The first-order valence-corrected chi connectivity index (χ1v) is 4.83. The number of hydrogen-bond donors (Lipinski definition) is 1. The third-order valence-electron chi connectivity index (χ3n) is 2.18. The third kappa shape index (κ3) is 3.13. The molecule has 0 saturated carbocycles. The second-order valence-electron chi connectivity index (χ2n) is 3.56. The lowest BCUT2D eigenvalue weighted by molar-refractivity contribution is -0.139. The van der Waals surface area contributed by atoms with Gasteiger partial charge in [-0.2, -0.15) is 13.2 Å². The second-order valence-corrected chi connectivity index (χ2v) is 3.56. The van der Waals surface area contributed by atoms with Crippen molar-refractivity contribution in [3.8, 4) is 5.75 Å². The zero-order chi connectivity index (χ0) is 12.3. The van der Waals surface area contributed by atoms with Crippen LogP contribution >= 0.6 is 0 Å². The van der Waals surface area contributed by atoms with Crippen LogP contribution < -0.4 is 4.74 Å². The maximum absolute atomic E-state index is 12.6. The highest BCUT2D eigenvalue weighted by molar-refractivity contribution is 5.35. The predicted molar refractivity (Wildman–Crippen MR) is 53.2 cm³/mol. The zero-order valence-corrected chi connectivity index (χ0v) is 8.95. The highest BCUT2D eigenvalue weighted by Gasteiger charge is 2.34. The molecule has 5 heteroatoms. The Hall–Kier alpha value is -1.23. The number of rotatable bonds is 3. The Morgan fingerprint density at radius 1 is 1.19 bits per heavy atom. The molecule has 1 aromatic carbocycles. The van der Waals surface area contributed by atoms with Crippen LogP contribution in [0.15, 0.2) is 24.3 Å². The molecule has 90 valence electrons. The quantitative estimate of drug-likeness (QED) is 0.871. The van der Waals surface area contributed by atoms with Gasteiger partial charge < -0.3 is 9.84 Å². The van der Waals surface area contributed by atoms with Crippen molar-refractivity contribution in [2.45, 2.75) is 32.2 Å². The van der Waals surface area contributed by atoms with Crippen LogP contribution in [0.2, 0.25) is 0 Å². The van der Waals surface area contributed by atoms with E-state index in [9.17, 15) is 13.2 Å². The van der Waals surface area contributed by atoms with E-state index in [1.807, 2.05) is 0 Å². The van der Waals surface area contributed by atoms with Crippen molar-refractivity contribution in [2.75, 3.05) is 0 Å². The van der Waals surface area contributed by atoms with Crippen molar-refractivity contribution in [1.29, 1.82) is 0 Å². The fourth-order valence-electron chi connectivity index (χ4n) is 1.10. The van der Waals surface area contributed by atoms with E-state index in [0.717, 1.165) is 6.07 Å². The number of hydrogen-bond acceptors (Lipinski definition) is 2. The number of aliphatic hydroxyl groups excluding tert-OH is 1. The van der Waals surface area contributed by atoms with E-state index in [4.69, 9.17) is 9.84 Å². The van der Waals surface area contributed by atoms with E-state index in [0.29, 0.717) is 0 Å². The van der Waals surface area contributed by atoms with Gasteiger partial charge in [0.1, 0.15) is 11.9 Å². The Kier molecular flexibility index (Phi) is 3.80. The van der Waals surface area contributed by atoms with Crippen molar-refractivity contribution < 1.29 is 23.0 Å². The number of para-hydroxylation sites is 1. The summed E-state index contributed by atoms with van der Waals surface area (Å²) in [5.41, 5.74) is -0.831. The minimum absolute atomic E-state index is 0.261. The van der Waals surface area contributed by atoms with E-state index in [2.05, 4.69) is 0 Å². The lowest BCUT2D eigenvalue weighted by Crippen LogP contribution is -2.26. The molecular weight excluding hydrogens is 221 g/mol. The van der Waals surface area contributed by atoms with Crippen LogP contribution in [-0.2, 0) is 6.18 Å². The smallest absolute Gasteiger partial charge is 0.419 e. The van der Waals surface area contributed by atoms with Crippen molar-refractivity contribution >= 4 is 0 Å². The second kappa shape index (κ2) is 4.74. The molecule has 2 unspecified atom stereocenters. The molecule has 0 aliphatic rings. The van der Waals surface area contributed by atoms with Crippen molar-refractivity contribution in [2.24, 2.45) is 0 Å². The van der Waals surface area contributed by atoms with E-state index in [1.165, 1.54) is 32.0 Å². The summed E-state index contributed by atoms with van der Waals surface area (Å²) in [6.45, 7) is 2.97. The average Bonchev–Trinajstić information content (AvgIpc) is 2.16. The largest absolute Gasteiger partial charge is 0.487 e. The standard InChI is InChI=1S/C11H13F3O2/c1-7(15)8(2)16-10-6-4-3-5-9(10)11(12,13)14/h3-8,15H,1-2H3. The number of halogens is 3. The van der Waals surface area contributed by atoms with Crippen LogP contribution in [0.4, 0.5) is 13.2 Å². The fraction of sp³-hybridized carbons (Fsp3) is 0.455. The van der Waals surface area contributed by atoms with Crippen LogP contribution in [0.25, 0.3) is 0 Å². The maximum atomic E-state index is 12.6. The number of alkyl halides is 3. The molecule has 0 bridgehead atoms. The summed E-state index contributed by atoms with van der Waals surface area (Å²) in [6, 6.07) is 4.94. The number of ether oxygens (including phenoxy) is 1. The van der Waals surface area contributed by atoms with Gasteiger partial charge >= 0.3 is 6.18 Å². The lowest BCUT2D eigenvalue weighted by atomic mass is 10.2. The van der Waals surface area contributed by atoms with Gasteiger partial charge in [-0.05, 0) is 26.0 Å². The highest BCUT2D eigenvalue weighted by Crippen LogP contribution is 2.36. The van der Waals surface area contributed by atoms with E-state index in [1.54, 1.807) is 0 Å². The summed E-state index contributed by atoms with van der Waals surface area (Å²) in [5.74, 6) is -0.261. The first-order chi connectivity index (χ1) is 7.32. The summed E-state index contributed by atoms with van der Waals surface area (Å²) in [5, 5.41) is 9.17. The monoisotopic (exact) mass is 234 g/mol. The van der Waals surface area contributed by atoms with E-state index < -0.39 is 23.9 Å². The minimum Gasteiger partial charge on any atom is -0.487 e. The van der Waals surface area contributed by atoms with E-state index in [-0.39, 0.29) is 5.75 Å². The Labute approximate surface area is 91.7 Å². The minimum atomic E-state index is -4.45. The number of benzene rings is 1. The molecule has 0 saturated heterocycles.